The van der Waals surface area contributed by atoms with Crippen molar-refractivity contribution >= 4 is 11.5 Å². The van der Waals surface area contributed by atoms with Crippen LogP contribution in [0.25, 0.3) is 5.57 Å². The highest BCUT2D eigenvalue weighted by Crippen LogP contribution is 2.40. The topological polar surface area (TPSA) is 62.6 Å². The van der Waals surface area contributed by atoms with E-state index in [2.05, 4.69) is 0 Å². The molecule has 29 heavy (non-hydrogen) atoms. The largest absolute Gasteiger partial charge is 0.492 e. The number of nitrogens with zero attached hydrogens (tertiary/aromatic N) is 2. The number of carbonyl (C=O) groups is 1. The van der Waals surface area contributed by atoms with Gasteiger partial charge in [-0.3, -0.25) is 4.79 Å². The Morgan fingerprint density at radius 3 is 2.66 bits per heavy atom. The lowest BCUT2D eigenvalue weighted by Gasteiger charge is -2.27. The normalized spacial score (nSPS) is 15.5. The van der Waals surface area contributed by atoms with Crippen molar-refractivity contribution in [1.82, 2.24) is 4.90 Å². The highest BCUT2D eigenvalue weighted by Gasteiger charge is 2.30. The van der Waals surface area contributed by atoms with Gasteiger partial charge in [-0.05, 0) is 48.7 Å². The lowest BCUT2D eigenvalue weighted by atomic mass is 9.90. The van der Waals surface area contributed by atoms with E-state index >= 15 is 0 Å². The molecule has 2 heterocycles. The molecule has 1 saturated heterocycles. The Morgan fingerprint density at radius 1 is 1.17 bits per heavy atom. The maximum absolute atomic E-state index is 13.5. The number of amides is 1. The number of fused-ring (bicyclic) bond motifs is 1. The van der Waals surface area contributed by atoms with Gasteiger partial charge in [-0.1, -0.05) is 12.1 Å². The second-order valence-electron chi connectivity index (χ2n) is 7.06. The molecule has 4 rings (SSSR count). The van der Waals surface area contributed by atoms with Gasteiger partial charge in [0.2, 0.25) is 0 Å². The van der Waals surface area contributed by atoms with Crippen molar-refractivity contribution in [3.63, 3.8) is 0 Å². The van der Waals surface area contributed by atoms with E-state index in [0.29, 0.717) is 17.1 Å². The number of carbonyl (C=O) groups excluding carboxylic acids is 1. The minimum Gasteiger partial charge on any atom is -0.492 e. The number of rotatable bonds is 5. The zero-order chi connectivity index (χ0) is 20.2. The van der Waals surface area contributed by atoms with Crippen LogP contribution in [0.5, 0.6) is 11.5 Å². The van der Waals surface area contributed by atoms with Crippen LogP contribution in [0.1, 0.15) is 30.4 Å². The van der Waals surface area contributed by atoms with E-state index in [1.54, 1.807) is 24.3 Å². The molecular formula is C23H21FN2O3. The van der Waals surface area contributed by atoms with Gasteiger partial charge in [0.1, 0.15) is 30.5 Å². The predicted molar refractivity (Wildman–Crippen MR) is 106 cm³/mol. The van der Waals surface area contributed by atoms with Gasteiger partial charge in [-0.25, -0.2) is 4.39 Å². The van der Waals surface area contributed by atoms with Crippen LogP contribution >= 0.6 is 0 Å². The van der Waals surface area contributed by atoms with Crippen molar-refractivity contribution in [2.45, 2.75) is 19.3 Å². The Hall–Kier alpha value is -3.33. The second-order valence-corrected chi connectivity index (χ2v) is 7.06. The van der Waals surface area contributed by atoms with Gasteiger partial charge in [0.15, 0.2) is 0 Å². The molecule has 2 aromatic carbocycles. The lowest BCUT2D eigenvalue weighted by molar-refractivity contribution is -0.126. The summed E-state index contributed by atoms with van der Waals surface area (Å²) in [6.07, 6.45) is 2.28. The number of nitriles is 1. The van der Waals surface area contributed by atoms with Crippen LogP contribution in [0.2, 0.25) is 0 Å². The summed E-state index contributed by atoms with van der Waals surface area (Å²) in [6, 6.07) is 13.6. The number of benzene rings is 2. The molecule has 0 radical (unpaired) electrons. The third kappa shape index (κ3) is 3.95. The number of ether oxygens (including phenoxy) is 2. The first-order chi connectivity index (χ1) is 14.2. The van der Waals surface area contributed by atoms with Gasteiger partial charge >= 0.3 is 0 Å². The Labute approximate surface area is 169 Å². The molecule has 0 spiro atoms. The number of halogens is 1. The Bertz CT molecular complexity index is 986. The Balaban J connectivity index is 1.80. The Morgan fingerprint density at radius 2 is 1.93 bits per heavy atom. The highest BCUT2D eigenvalue weighted by molar-refractivity contribution is 6.06. The average Bonchev–Trinajstić information content (AvgIpc) is 3.28. The fraction of sp³-hybridized carbons (Fsp3) is 0.304. The molecule has 0 aromatic heterocycles. The summed E-state index contributed by atoms with van der Waals surface area (Å²) in [5.74, 6) is 0.873. The van der Waals surface area contributed by atoms with Crippen LogP contribution in [-0.4, -0.2) is 37.1 Å². The number of likely N-dealkylation sites (tertiary alicyclic amines) is 1. The molecule has 2 aliphatic heterocycles. The first kappa shape index (κ1) is 19.0. The lowest BCUT2D eigenvalue weighted by Crippen LogP contribution is -2.33. The SMILES string of the molecule is N#CCCOc1ccc2c(c1)C(c1ccc(F)cc1)=C(C(=O)N1CCCC1)CO2. The van der Waals surface area contributed by atoms with Crippen molar-refractivity contribution in [1.29, 1.82) is 5.26 Å². The highest BCUT2D eigenvalue weighted by atomic mass is 19.1. The molecule has 2 aromatic rings. The Kier molecular flexibility index (Phi) is 5.48. The van der Waals surface area contributed by atoms with E-state index in [9.17, 15) is 9.18 Å². The molecule has 0 bridgehead atoms. The van der Waals surface area contributed by atoms with Crippen LogP contribution in [0.4, 0.5) is 4.39 Å². The maximum atomic E-state index is 13.5. The molecule has 0 atom stereocenters. The van der Waals surface area contributed by atoms with Crippen LogP contribution in [0, 0.1) is 17.1 Å². The zero-order valence-corrected chi connectivity index (χ0v) is 16.0. The number of hydrogen-bond acceptors (Lipinski definition) is 4. The van der Waals surface area contributed by atoms with Crippen molar-refractivity contribution in [2.24, 2.45) is 0 Å². The van der Waals surface area contributed by atoms with E-state index in [4.69, 9.17) is 14.7 Å². The van der Waals surface area contributed by atoms with Crippen molar-refractivity contribution < 1.29 is 18.7 Å². The third-order valence-electron chi connectivity index (χ3n) is 5.16. The van der Waals surface area contributed by atoms with Crippen LogP contribution < -0.4 is 9.47 Å². The first-order valence-electron chi connectivity index (χ1n) is 9.72. The molecule has 6 heteroatoms. The molecular weight excluding hydrogens is 371 g/mol. The van der Waals surface area contributed by atoms with Crippen LogP contribution in [-0.2, 0) is 4.79 Å². The molecule has 0 aliphatic carbocycles. The van der Waals surface area contributed by atoms with Crippen molar-refractivity contribution in [2.75, 3.05) is 26.3 Å². The second kappa shape index (κ2) is 8.36. The van der Waals surface area contributed by atoms with Gasteiger partial charge in [0.25, 0.3) is 5.91 Å². The molecule has 0 N–H and O–H groups in total. The number of hydrogen-bond donors (Lipinski definition) is 0. The molecule has 1 amide bonds. The smallest absolute Gasteiger partial charge is 0.253 e. The molecule has 1 fully saturated rings. The van der Waals surface area contributed by atoms with Crippen LogP contribution in [0.3, 0.4) is 0 Å². The summed E-state index contributed by atoms with van der Waals surface area (Å²) in [7, 11) is 0. The summed E-state index contributed by atoms with van der Waals surface area (Å²) < 4.78 is 25.1. The molecule has 2 aliphatic rings. The standard InChI is InChI=1S/C23H21FN2O3/c24-17-6-4-16(5-7-17)22-19-14-18(28-13-3-10-25)8-9-21(19)29-15-20(22)23(27)26-11-1-2-12-26/h4-9,14H,1-3,11-13,15H2. The minimum absolute atomic E-state index is 0.0386. The fourth-order valence-corrected chi connectivity index (χ4v) is 3.75. The van der Waals surface area contributed by atoms with Crippen LogP contribution in [0.15, 0.2) is 48.0 Å². The first-order valence-corrected chi connectivity index (χ1v) is 9.72. The predicted octanol–water partition coefficient (Wildman–Crippen LogP) is 3.93. The van der Waals surface area contributed by atoms with Gasteiger partial charge in [-0.2, -0.15) is 5.26 Å². The van der Waals surface area contributed by atoms with Crippen molar-refractivity contribution in [3.05, 3.63) is 65.0 Å². The molecule has 0 unspecified atom stereocenters. The zero-order valence-electron chi connectivity index (χ0n) is 16.0. The van der Waals surface area contributed by atoms with Gasteiger partial charge in [-0.15, -0.1) is 0 Å². The average molecular weight is 392 g/mol. The van der Waals surface area contributed by atoms with Gasteiger partial charge in [0.05, 0.1) is 18.1 Å². The van der Waals surface area contributed by atoms with E-state index in [1.807, 2.05) is 17.0 Å². The summed E-state index contributed by atoms with van der Waals surface area (Å²) in [6.45, 7) is 1.93. The van der Waals surface area contributed by atoms with Crippen molar-refractivity contribution in [3.8, 4) is 17.6 Å². The summed E-state index contributed by atoms with van der Waals surface area (Å²) >= 11 is 0. The molecule has 5 nitrogen and oxygen atoms in total. The monoisotopic (exact) mass is 392 g/mol. The van der Waals surface area contributed by atoms with E-state index in [0.717, 1.165) is 42.6 Å². The molecule has 0 saturated carbocycles. The van der Waals surface area contributed by atoms with E-state index in [1.165, 1.54) is 12.1 Å². The van der Waals surface area contributed by atoms with E-state index < -0.39 is 0 Å². The quantitative estimate of drug-likeness (QED) is 0.723. The summed E-state index contributed by atoms with van der Waals surface area (Å²) in [5.41, 5.74) is 2.81. The molecule has 148 valence electrons. The van der Waals surface area contributed by atoms with Gasteiger partial charge in [0, 0.05) is 24.2 Å². The fourth-order valence-electron chi connectivity index (χ4n) is 3.75. The maximum Gasteiger partial charge on any atom is 0.253 e. The third-order valence-corrected chi connectivity index (χ3v) is 5.16. The minimum atomic E-state index is -0.331. The summed E-state index contributed by atoms with van der Waals surface area (Å²) in [4.78, 5) is 15.1. The van der Waals surface area contributed by atoms with E-state index in [-0.39, 0.29) is 31.4 Å². The van der Waals surface area contributed by atoms with Gasteiger partial charge < -0.3 is 14.4 Å². The summed E-state index contributed by atoms with van der Waals surface area (Å²) in [5, 5.41) is 8.72.